The number of rotatable bonds is 6. The normalized spacial score (nSPS) is 19.6. The van der Waals surface area contributed by atoms with Crippen molar-refractivity contribution in [2.24, 2.45) is 5.92 Å². The lowest BCUT2D eigenvalue weighted by molar-refractivity contribution is -0.387. The van der Waals surface area contributed by atoms with E-state index in [-0.39, 0.29) is 48.8 Å². The van der Waals surface area contributed by atoms with E-state index in [9.17, 15) is 28.1 Å². The van der Waals surface area contributed by atoms with Gasteiger partial charge in [0.05, 0.1) is 4.92 Å². The first-order chi connectivity index (χ1) is 14.7. The summed E-state index contributed by atoms with van der Waals surface area (Å²) < 4.78 is 27.1. The van der Waals surface area contributed by atoms with Crippen LogP contribution >= 0.6 is 0 Å². The summed E-state index contributed by atoms with van der Waals surface area (Å²) in [4.78, 5) is 36.6. The first-order valence-electron chi connectivity index (χ1n) is 10.5. The molecule has 2 amide bonds. The predicted molar refractivity (Wildman–Crippen MR) is 113 cm³/mol. The molecular weight excluding hydrogens is 424 g/mol. The van der Waals surface area contributed by atoms with Crippen LogP contribution in [0.5, 0.6) is 0 Å². The molecule has 2 fully saturated rings. The zero-order chi connectivity index (χ0) is 22.6. The number of carbonyl (C=O) groups is 2. The van der Waals surface area contributed by atoms with E-state index in [4.69, 9.17) is 0 Å². The minimum Gasteiger partial charge on any atom is -0.344 e. The van der Waals surface area contributed by atoms with E-state index in [2.05, 4.69) is 5.32 Å². The summed E-state index contributed by atoms with van der Waals surface area (Å²) in [6.45, 7) is 1.80. The fourth-order valence-electron chi connectivity index (χ4n) is 4.38. The minimum atomic E-state index is -4.06. The molecule has 1 aliphatic carbocycles. The summed E-state index contributed by atoms with van der Waals surface area (Å²) in [7, 11) is -4.06. The molecule has 1 heterocycles. The Morgan fingerprint density at radius 2 is 1.71 bits per heavy atom. The van der Waals surface area contributed by atoms with Gasteiger partial charge in [-0.2, -0.15) is 4.31 Å². The molecule has 0 radical (unpaired) electrons. The molecule has 31 heavy (non-hydrogen) atoms. The number of nitrogens with one attached hydrogen (secondary N) is 1. The Kier molecular flexibility index (Phi) is 7.26. The van der Waals surface area contributed by atoms with Crippen LogP contribution in [0.2, 0.25) is 0 Å². The molecule has 1 atom stereocenters. The summed E-state index contributed by atoms with van der Waals surface area (Å²) in [5.74, 6) is -0.370. The lowest BCUT2D eigenvalue weighted by Crippen LogP contribution is -2.57. The Hall–Kier alpha value is -2.53. The summed E-state index contributed by atoms with van der Waals surface area (Å²) in [6.07, 6.45) is 4.93. The Labute approximate surface area is 181 Å². The van der Waals surface area contributed by atoms with E-state index < -0.39 is 26.7 Å². The van der Waals surface area contributed by atoms with E-state index in [0.29, 0.717) is 0 Å². The van der Waals surface area contributed by atoms with Crippen LogP contribution in [0.25, 0.3) is 0 Å². The van der Waals surface area contributed by atoms with Gasteiger partial charge < -0.3 is 10.2 Å². The van der Waals surface area contributed by atoms with Gasteiger partial charge in [-0.25, -0.2) is 8.42 Å². The summed E-state index contributed by atoms with van der Waals surface area (Å²) in [5, 5.41) is 14.0. The molecule has 1 unspecified atom stereocenters. The highest BCUT2D eigenvalue weighted by molar-refractivity contribution is 7.89. The van der Waals surface area contributed by atoms with Crippen LogP contribution in [-0.4, -0.2) is 66.6 Å². The average molecular weight is 453 g/mol. The first-order valence-corrected chi connectivity index (χ1v) is 12.0. The van der Waals surface area contributed by atoms with Crippen LogP contribution < -0.4 is 5.32 Å². The van der Waals surface area contributed by atoms with Crippen molar-refractivity contribution in [1.82, 2.24) is 14.5 Å². The molecule has 1 aromatic rings. The Morgan fingerprint density at radius 1 is 1.10 bits per heavy atom. The molecule has 170 valence electrons. The number of hydrogen-bond acceptors (Lipinski definition) is 6. The molecule has 2 aliphatic rings. The summed E-state index contributed by atoms with van der Waals surface area (Å²) in [5.41, 5.74) is -0.468. The topological polar surface area (TPSA) is 130 Å². The number of benzene rings is 1. The summed E-state index contributed by atoms with van der Waals surface area (Å²) >= 11 is 0. The maximum absolute atomic E-state index is 13.2. The molecule has 1 N–H and O–H groups in total. The number of nitro benzene ring substituents is 1. The van der Waals surface area contributed by atoms with Crippen LogP contribution in [-0.2, 0) is 19.6 Å². The number of nitrogens with zero attached hydrogens (tertiary/aromatic N) is 3. The fraction of sp³-hybridized carbons (Fsp3) is 0.600. The minimum absolute atomic E-state index is 0.0393. The molecule has 0 spiro atoms. The predicted octanol–water partition coefficient (Wildman–Crippen LogP) is 1.51. The van der Waals surface area contributed by atoms with Crippen molar-refractivity contribution in [3.8, 4) is 0 Å². The highest BCUT2D eigenvalue weighted by atomic mass is 32.2. The van der Waals surface area contributed by atoms with Crippen LogP contribution in [0.1, 0.15) is 39.0 Å². The summed E-state index contributed by atoms with van der Waals surface area (Å²) in [6, 6.07) is 4.65. The van der Waals surface area contributed by atoms with Gasteiger partial charge in [0.15, 0.2) is 4.90 Å². The van der Waals surface area contributed by atoms with Crippen LogP contribution in [0.3, 0.4) is 0 Å². The van der Waals surface area contributed by atoms with Gasteiger partial charge in [-0.05, 0) is 24.8 Å². The van der Waals surface area contributed by atoms with E-state index in [1.165, 1.54) is 29.4 Å². The van der Waals surface area contributed by atoms with Crippen molar-refractivity contribution < 1.29 is 22.9 Å². The van der Waals surface area contributed by atoms with Gasteiger partial charge in [0.25, 0.3) is 5.69 Å². The van der Waals surface area contributed by atoms with Gasteiger partial charge in [-0.1, -0.05) is 31.4 Å². The number of piperazine rings is 1. The van der Waals surface area contributed by atoms with Crippen molar-refractivity contribution in [3.05, 3.63) is 34.4 Å². The maximum atomic E-state index is 13.2. The molecule has 0 aromatic heterocycles. The fourth-order valence-corrected chi connectivity index (χ4v) is 5.96. The van der Waals surface area contributed by atoms with Crippen molar-refractivity contribution in [2.75, 3.05) is 26.2 Å². The second-order valence-electron chi connectivity index (χ2n) is 8.03. The second kappa shape index (κ2) is 9.73. The van der Waals surface area contributed by atoms with Crippen LogP contribution in [0, 0.1) is 16.0 Å². The lowest BCUT2D eigenvalue weighted by Gasteiger charge is -2.38. The molecule has 10 nitrogen and oxygen atoms in total. The van der Waals surface area contributed by atoms with Gasteiger partial charge >= 0.3 is 0 Å². The van der Waals surface area contributed by atoms with E-state index in [1.807, 2.05) is 0 Å². The molecule has 1 aromatic carbocycles. The lowest BCUT2D eigenvalue weighted by atomic mass is 9.83. The third kappa shape index (κ3) is 5.21. The Balaban J connectivity index is 1.71. The number of para-hydroxylation sites is 1. The standard InChI is InChI=1S/C20H28N4O6S/c1-15(25)21-19(16-7-3-2-4-8-16)20(26)22-11-13-23(14-12-22)31(29,30)18-10-6-5-9-17(18)24(27)28/h5-6,9-10,16,19H,2-4,7-8,11-14H2,1H3,(H,21,25). The molecule has 1 aliphatic heterocycles. The zero-order valence-corrected chi connectivity index (χ0v) is 18.3. The number of nitro groups is 1. The molecule has 1 saturated heterocycles. The molecule has 1 saturated carbocycles. The Bertz CT molecular complexity index is 937. The van der Waals surface area contributed by atoms with Crippen molar-refractivity contribution in [1.29, 1.82) is 0 Å². The van der Waals surface area contributed by atoms with Gasteiger partial charge in [0.1, 0.15) is 6.04 Å². The van der Waals surface area contributed by atoms with Gasteiger partial charge in [-0.3, -0.25) is 19.7 Å². The number of amides is 2. The molecule has 11 heteroatoms. The molecule has 3 rings (SSSR count). The molecular formula is C20H28N4O6S. The SMILES string of the molecule is CC(=O)NC(C(=O)N1CCN(S(=O)(=O)c2ccccc2[N+](=O)[O-])CC1)C1CCCCC1. The smallest absolute Gasteiger partial charge is 0.289 e. The molecule has 0 bridgehead atoms. The first kappa shape index (κ1) is 23.1. The maximum Gasteiger partial charge on any atom is 0.289 e. The quantitative estimate of drug-likeness (QED) is 0.514. The zero-order valence-electron chi connectivity index (χ0n) is 17.5. The highest BCUT2D eigenvalue weighted by Gasteiger charge is 2.38. The average Bonchev–Trinajstić information content (AvgIpc) is 2.77. The van der Waals surface area contributed by atoms with Crippen molar-refractivity contribution in [3.63, 3.8) is 0 Å². The van der Waals surface area contributed by atoms with Gasteiger partial charge in [0, 0.05) is 39.2 Å². The highest BCUT2D eigenvalue weighted by Crippen LogP contribution is 2.29. The largest absolute Gasteiger partial charge is 0.344 e. The number of carbonyl (C=O) groups excluding carboxylic acids is 2. The van der Waals surface area contributed by atoms with E-state index in [1.54, 1.807) is 4.90 Å². The number of hydrogen-bond donors (Lipinski definition) is 1. The van der Waals surface area contributed by atoms with Crippen molar-refractivity contribution in [2.45, 2.75) is 50.0 Å². The van der Waals surface area contributed by atoms with Gasteiger partial charge in [-0.15, -0.1) is 0 Å². The Morgan fingerprint density at radius 3 is 2.29 bits per heavy atom. The third-order valence-electron chi connectivity index (χ3n) is 5.98. The van der Waals surface area contributed by atoms with E-state index in [0.717, 1.165) is 38.2 Å². The van der Waals surface area contributed by atoms with Crippen LogP contribution in [0.4, 0.5) is 5.69 Å². The van der Waals surface area contributed by atoms with Crippen molar-refractivity contribution >= 4 is 27.5 Å². The van der Waals surface area contributed by atoms with Crippen LogP contribution in [0.15, 0.2) is 29.2 Å². The third-order valence-corrected chi connectivity index (χ3v) is 7.92. The van der Waals surface area contributed by atoms with Gasteiger partial charge in [0.2, 0.25) is 21.8 Å². The number of sulfonamides is 1. The second-order valence-corrected chi connectivity index (χ2v) is 9.94. The monoisotopic (exact) mass is 452 g/mol. The van der Waals surface area contributed by atoms with E-state index >= 15 is 0 Å².